The van der Waals surface area contributed by atoms with Gasteiger partial charge >= 0.3 is 5.97 Å². The lowest BCUT2D eigenvalue weighted by Gasteiger charge is -2.14. The van der Waals surface area contributed by atoms with Gasteiger partial charge in [0.2, 0.25) is 0 Å². The molecule has 1 aliphatic heterocycles. The summed E-state index contributed by atoms with van der Waals surface area (Å²) in [4.78, 5) is 10.9. The largest absolute Gasteiger partial charge is 0.478 e. The maximum Gasteiger partial charge on any atom is 0.339 e. The topological polar surface area (TPSA) is 67.2 Å². The van der Waals surface area contributed by atoms with Crippen LogP contribution >= 0.6 is 12.4 Å². The van der Waals surface area contributed by atoms with Crippen molar-refractivity contribution in [2.45, 2.75) is 20.0 Å². The second-order valence-electron chi connectivity index (χ2n) is 3.11. The molecule has 0 unspecified atom stereocenters. The molecule has 2 N–H and O–H groups in total. The normalized spacial score (nSPS) is 14.4. The van der Waals surface area contributed by atoms with Crippen LogP contribution in [0.25, 0.3) is 0 Å². The van der Waals surface area contributed by atoms with Crippen molar-refractivity contribution in [1.82, 2.24) is 15.1 Å². The van der Waals surface area contributed by atoms with Gasteiger partial charge in [-0.3, -0.25) is 4.68 Å². The summed E-state index contributed by atoms with van der Waals surface area (Å²) in [6.07, 6.45) is 0. The van der Waals surface area contributed by atoms with Crippen molar-refractivity contribution in [2.75, 3.05) is 6.54 Å². The molecule has 0 aliphatic carbocycles. The fraction of sp³-hybridized carbons (Fsp3) is 0.500. The number of aryl methyl sites for hydroxylation is 1. The third kappa shape index (κ3) is 1.60. The van der Waals surface area contributed by atoms with Gasteiger partial charge in [-0.15, -0.1) is 12.4 Å². The highest BCUT2D eigenvalue weighted by molar-refractivity contribution is 5.90. The van der Waals surface area contributed by atoms with Crippen LogP contribution < -0.4 is 5.32 Å². The summed E-state index contributed by atoms with van der Waals surface area (Å²) in [5.41, 5.74) is 1.75. The molecule has 6 heteroatoms. The third-order valence-electron chi connectivity index (χ3n) is 2.24. The first-order valence-corrected chi connectivity index (χ1v) is 4.20. The van der Waals surface area contributed by atoms with Crippen LogP contribution in [0.3, 0.4) is 0 Å². The molecular weight excluding hydrogens is 206 g/mol. The van der Waals surface area contributed by atoms with Crippen molar-refractivity contribution < 1.29 is 9.90 Å². The molecule has 2 heterocycles. The second-order valence-corrected chi connectivity index (χ2v) is 3.11. The standard InChI is InChI=1S/C8H11N3O2.ClH/c1-5-7(8(12)13)6-4-9-2-3-11(6)10-5;/h9H,2-4H2,1H3,(H,12,13);1H. The quantitative estimate of drug-likeness (QED) is 0.715. The van der Waals surface area contributed by atoms with E-state index in [1.165, 1.54) is 0 Å². The first-order valence-electron chi connectivity index (χ1n) is 4.20. The van der Waals surface area contributed by atoms with E-state index < -0.39 is 5.97 Å². The molecule has 1 aromatic rings. The highest BCUT2D eigenvalue weighted by Crippen LogP contribution is 2.15. The molecule has 0 aromatic carbocycles. The summed E-state index contributed by atoms with van der Waals surface area (Å²) in [6.45, 7) is 3.94. The predicted octanol–water partition coefficient (Wildman–Crippen LogP) is 0.415. The van der Waals surface area contributed by atoms with Crippen molar-refractivity contribution in [3.63, 3.8) is 0 Å². The molecule has 1 aromatic heterocycles. The van der Waals surface area contributed by atoms with E-state index in [1.54, 1.807) is 11.6 Å². The van der Waals surface area contributed by atoms with E-state index in [1.807, 2.05) is 0 Å². The minimum atomic E-state index is -0.887. The Balaban J connectivity index is 0.000000980. The number of nitrogens with one attached hydrogen (secondary N) is 1. The number of carboxylic acid groups (broad SMARTS) is 1. The summed E-state index contributed by atoms with van der Waals surface area (Å²) in [7, 11) is 0. The second kappa shape index (κ2) is 3.98. The van der Waals surface area contributed by atoms with Crippen LogP contribution in [-0.4, -0.2) is 27.4 Å². The van der Waals surface area contributed by atoms with E-state index in [0.717, 1.165) is 18.8 Å². The Morgan fingerprint density at radius 2 is 2.36 bits per heavy atom. The van der Waals surface area contributed by atoms with Gasteiger partial charge in [0.1, 0.15) is 5.56 Å². The highest BCUT2D eigenvalue weighted by atomic mass is 35.5. The number of carboxylic acids is 1. The average molecular weight is 218 g/mol. The van der Waals surface area contributed by atoms with Crippen molar-refractivity contribution in [2.24, 2.45) is 0 Å². The number of halogens is 1. The number of hydrogen-bond donors (Lipinski definition) is 2. The summed E-state index contributed by atoms with van der Waals surface area (Å²) in [6, 6.07) is 0. The Labute approximate surface area is 87.5 Å². The SMILES string of the molecule is Cc1nn2c(c1C(=O)O)CNCC2.Cl. The molecule has 0 radical (unpaired) electrons. The molecule has 0 amide bonds. The first kappa shape index (κ1) is 11.0. The summed E-state index contributed by atoms with van der Waals surface area (Å²) < 4.78 is 1.77. The van der Waals surface area contributed by atoms with Gasteiger partial charge in [-0.1, -0.05) is 0 Å². The molecule has 5 nitrogen and oxygen atoms in total. The fourth-order valence-corrected chi connectivity index (χ4v) is 1.66. The Kier molecular flexibility index (Phi) is 3.13. The van der Waals surface area contributed by atoms with Crippen LogP contribution in [0, 0.1) is 6.92 Å². The van der Waals surface area contributed by atoms with Crippen LogP contribution in [0.15, 0.2) is 0 Å². The predicted molar refractivity (Wildman–Crippen MR) is 52.9 cm³/mol. The number of hydrogen-bond acceptors (Lipinski definition) is 3. The molecule has 0 fully saturated rings. The maximum atomic E-state index is 10.9. The van der Waals surface area contributed by atoms with E-state index in [9.17, 15) is 4.79 Å². The van der Waals surface area contributed by atoms with Crippen LogP contribution in [0.4, 0.5) is 0 Å². The van der Waals surface area contributed by atoms with Gasteiger partial charge in [0.15, 0.2) is 0 Å². The third-order valence-corrected chi connectivity index (χ3v) is 2.24. The molecule has 2 rings (SSSR count). The number of carbonyl (C=O) groups is 1. The van der Waals surface area contributed by atoms with Gasteiger partial charge in [-0.25, -0.2) is 4.79 Å². The number of aromatic nitrogens is 2. The molecule has 1 aliphatic rings. The fourth-order valence-electron chi connectivity index (χ4n) is 1.66. The van der Waals surface area contributed by atoms with Gasteiger partial charge < -0.3 is 10.4 Å². The zero-order valence-corrected chi connectivity index (χ0v) is 8.60. The van der Waals surface area contributed by atoms with E-state index in [2.05, 4.69) is 10.4 Å². The summed E-state index contributed by atoms with van der Waals surface area (Å²) in [5, 5.41) is 16.2. The van der Waals surface area contributed by atoms with Crippen molar-refractivity contribution in [1.29, 1.82) is 0 Å². The van der Waals surface area contributed by atoms with E-state index in [4.69, 9.17) is 5.11 Å². The number of rotatable bonds is 1. The van der Waals surface area contributed by atoms with Crippen LogP contribution in [0.1, 0.15) is 21.7 Å². The molecule has 0 atom stereocenters. The lowest BCUT2D eigenvalue weighted by Crippen LogP contribution is -2.29. The smallest absolute Gasteiger partial charge is 0.339 e. The van der Waals surface area contributed by atoms with E-state index in [0.29, 0.717) is 17.8 Å². The lowest BCUT2D eigenvalue weighted by atomic mass is 10.2. The zero-order chi connectivity index (χ0) is 9.42. The maximum absolute atomic E-state index is 10.9. The Morgan fingerprint density at radius 3 is 3.00 bits per heavy atom. The van der Waals surface area contributed by atoms with Gasteiger partial charge in [0.05, 0.1) is 17.9 Å². The van der Waals surface area contributed by atoms with Crippen molar-refractivity contribution in [3.05, 3.63) is 17.0 Å². The number of aromatic carboxylic acids is 1. The minimum Gasteiger partial charge on any atom is -0.478 e. The molecular formula is C8H12ClN3O2. The number of fused-ring (bicyclic) bond motifs is 1. The molecule has 78 valence electrons. The molecule has 14 heavy (non-hydrogen) atoms. The van der Waals surface area contributed by atoms with Crippen molar-refractivity contribution >= 4 is 18.4 Å². The highest BCUT2D eigenvalue weighted by Gasteiger charge is 2.22. The van der Waals surface area contributed by atoms with Crippen molar-refractivity contribution in [3.8, 4) is 0 Å². The van der Waals surface area contributed by atoms with Gasteiger partial charge in [-0.2, -0.15) is 5.10 Å². The lowest BCUT2D eigenvalue weighted by molar-refractivity contribution is 0.0694. The monoisotopic (exact) mass is 217 g/mol. The molecule has 0 saturated heterocycles. The average Bonchev–Trinajstić information content (AvgIpc) is 2.39. The molecule has 0 spiro atoms. The van der Waals surface area contributed by atoms with Gasteiger partial charge in [-0.05, 0) is 6.92 Å². The zero-order valence-electron chi connectivity index (χ0n) is 7.78. The van der Waals surface area contributed by atoms with E-state index >= 15 is 0 Å². The number of nitrogens with zero attached hydrogens (tertiary/aromatic N) is 2. The van der Waals surface area contributed by atoms with Crippen LogP contribution in [0.5, 0.6) is 0 Å². The molecule has 0 bridgehead atoms. The minimum absolute atomic E-state index is 0. The Bertz CT molecular complexity index is 362. The molecule has 0 saturated carbocycles. The van der Waals surface area contributed by atoms with E-state index in [-0.39, 0.29) is 12.4 Å². The van der Waals surface area contributed by atoms with Gasteiger partial charge in [0, 0.05) is 13.1 Å². The summed E-state index contributed by atoms with van der Waals surface area (Å²) >= 11 is 0. The van der Waals surface area contributed by atoms with Crippen LogP contribution in [0.2, 0.25) is 0 Å². The summed E-state index contributed by atoms with van der Waals surface area (Å²) in [5.74, 6) is -0.887. The van der Waals surface area contributed by atoms with Crippen LogP contribution in [-0.2, 0) is 13.1 Å². The van der Waals surface area contributed by atoms with Gasteiger partial charge in [0.25, 0.3) is 0 Å². The Hall–Kier alpha value is -1.07. The first-order chi connectivity index (χ1) is 6.20. The Morgan fingerprint density at radius 1 is 1.64 bits per heavy atom.